The molecular weight excluding hydrogens is 434 g/mol. The largest absolute Gasteiger partial charge is 0.371 e. The first-order valence-corrected chi connectivity index (χ1v) is 12.6. The summed E-state index contributed by atoms with van der Waals surface area (Å²) in [5, 5.41) is 6.00. The van der Waals surface area contributed by atoms with Gasteiger partial charge in [-0.3, -0.25) is 9.59 Å². The highest BCUT2D eigenvalue weighted by atomic mass is 16.2. The minimum Gasteiger partial charge on any atom is -0.371 e. The lowest BCUT2D eigenvalue weighted by molar-refractivity contribution is 0.0948. The van der Waals surface area contributed by atoms with Gasteiger partial charge >= 0.3 is 0 Å². The van der Waals surface area contributed by atoms with Crippen LogP contribution in [0.1, 0.15) is 53.0 Å². The van der Waals surface area contributed by atoms with Crippen molar-refractivity contribution in [3.8, 4) is 0 Å². The van der Waals surface area contributed by atoms with Crippen LogP contribution in [0.5, 0.6) is 0 Å². The van der Waals surface area contributed by atoms with Gasteiger partial charge in [0.2, 0.25) is 0 Å². The zero-order chi connectivity index (χ0) is 24.6. The molecule has 2 amide bonds. The van der Waals surface area contributed by atoms with Crippen LogP contribution in [0.4, 0.5) is 11.4 Å². The van der Waals surface area contributed by atoms with E-state index in [1.54, 1.807) is 12.1 Å². The summed E-state index contributed by atoms with van der Waals surface area (Å²) in [5.74, 6) is 0.720. The van der Waals surface area contributed by atoms with E-state index in [9.17, 15) is 9.59 Å². The Morgan fingerprint density at radius 2 is 1.54 bits per heavy atom. The number of carbonyl (C=O) groups excluding carboxylic acids is 2. The molecule has 1 heterocycles. The normalized spacial score (nSPS) is 14.1. The smallest absolute Gasteiger partial charge is 0.255 e. The molecule has 5 nitrogen and oxygen atoms in total. The molecule has 0 radical (unpaired) electrons. The van der Waals surface area contributed by atoms with Gasteiger partial charge < -0.3 is 15.5 Å². The zero-order valence-corrected chi connectivity index (χ0v) is 20.7. The van der Waals surface area contributed by atoms with Crippen LogP contribution < -0.4 is 15.5 Å². The first-order valence-electron chi connectivity index (χ1n) is 12.6. The maximum Gasteiger partial charge on any atom is 0.255 e. The molecule has 5 heteroatoms. The van der Waals surface area contributed by atoms with Gasteiger partial charge in [0.25, 0.3) is 11.8 Å². The molecule has 0 spiro atoms. The maximum absolute atomic E-state index is 13.2. The van der Waals surface area contributed by atoms with Gasteiger partial charge in [-0.25, -0.2) is 0 Å². The molecule has 2 N–H and O–H groups in total. The van der Waals surface area contributed by atoms with E-state index in [0.29, 0.717) is 35.2 Å². The Morgan fingerprint density at radius 3 is 2.20 bits per heavy atom. The molecule has 0 unspecified atom stereocenters. The van der Waals surface area contributed by atoms with Crippen LogP contribution in [0.2, 0.25) is 0 Å². The van der Waals surface area contributed by atoms with Crippen molar-refractivity contribution in [1.29, 1.82) is 0 Å². The van der Waals surface area contributed by atoms with Crippen LogP contribution in [0.15, 0.2) is 78.9 Å². The van der Waals surface area contributed by atoms with Gasteiger partial charge in [-0.2, -0.15) is 0 Å². The van der Waals surface area contributed by atoms with Gasteiger partial charge in [-0.15, -0.1) is 0 Å². The molecule has 3 aromatic rings. The standard InChI is InChI=1S/C30H35N3O2/c1-22(2)21-31-30(35)27-20-26(32-29(34)25-11-7-4-8-12-25)13-14-28(27)33-17-15-24(16-18-33)19-23-9-5-3-6-10-23/h3-14,20,22,24H,15-19,21H2,1-2H3,(H,31,35)(H,32,34). The molecule has 1 fully saturated rings. The van der Waals surface area contributed by atoms with Crippen molar-refractivity contribution in [3.63, 3.8) is 0 Å². The van der Waals surface area contributed by atoms with Crippen molar-refractivity contribution in [2.45, 2.75) is 33.1 Å². The lowest BCUT2D eigenvalue weighted by atomic mass is 9.89. The van der Waals surface area contributed by atoms with E-state index in [4.69, 9.17) is 0 Å². The minimum atomic E-state index is -0.186. The zero-order valence-electron chi connectivity index (χ0n) is 20.7. The SMILES string of the molecule is CC(C)CNC(=O)c1cc(NC(=O)c2ccccc2)ccc1N1CCC(Cc2ccccc2)CC1. The van der Waals surface area contributed by atoms with E-state index in [0.717, 1.165) is 38.0 Å². The fourth-order valence-electron chi connectivity index (χ4n) is 4.58. The van der Waals surface area contributed by atoms with E-state index in [1.165, 1.54) is 5.56 Å². The number of nitrogens with zero attached hydrogens (tertiary/aromatic N) is 1. The number of amides is 2. The second kappa shape index (κ2) is 11.7. The second-order valence-electron chi connectivity index (χ2n) is 9.78. The van der Waals surface area contributed by atoms with E-state index in [2.05, 4.69) is 59.7 Å². The first-order chi connectivity index (χ1) is 17.0. The molecule has 1 aliphatic rings. The third kappa shape index (κ3) is 6.72. The number of anilines is 2. The molecule has 1 aliphatic heterocycles. The van der Waals surface area contributed by atoms with Gasteiger partial charge in [-0.05, 0) is 67.0 Å². The average Bonchev–Trinajstić information content (AvgIpc) is 2.89. The topological polar surface area (TPSA) is 61.4 Å². The van der Waals surface area contributed by atoms with Crippen molar-refractivity contribution in [3.05, 3.63) is 95.6 Å². The van der Waals surface area contributed by atoms with Gasteiger partial charge in [0.1, 0.15) is 0 Å². The number of hydrogen-bond acceptors (Lipinski definition) is 3. The Hall–Kier alpha value is -3.60. The molecular formula is C30H35N3O2. The maximum atomic E-state index is 13.2. The molecule has 1 saturated heterocycles. The molecule has 4 rings (SSSR count). The van der Waals surface area contributed by atoms with Gasteiger partial charge in [0, 0.05) is 36.6 Å². The van der Waals surface area contributed by atoms with Crippen LogP contribution in [0.25, 0.3) is 0 Å². The van der Waals surface area contributed by atoms with Crippen molar-refractivity contribution < 1.29 is 9.59 Å². The number of carbonyl (C=O) groups is 2. The van der Waals surface area contributed by atoms with Gasteiger partial charge in [-0.1, -0.05) is 62.4 Å². The summed E-state index contributed by atoms with van der Waals surface area (Å²) in [4.78, 5) is 28.2. The minimum absolute atomic E-state index is 0.101. The van der Waals surface area contributed by atoms with Crippen molar-refractivity contribution in [2.24, 2.45) is 11.8 Å². The quantitative estimate of drug-likeness (QED) is 0.439. The molecule has 0 aliphatic carbocycles. The Morgan fingerprint density at radius 1 is 0.886 bits per heavy atom. The van der Waals surface area contributed by atoms with E-state index < -0.39 is 0 Å². The van der Waals surface area contributed by atoms with Crippen molar-refractivity contribution >= 4 is 23.2 Å². The predicted molar refractivity (Wildman–Crippen MR) is 143 cm³/mol. The molecule has 0 aromatic heterocycles. The van der Waals surface area contributed by atoms with E-state index in [1.807, 2.05) is 36.4 Å². The fourth-order valence-corrected chi connectivity index (χ4v) is 4.58. The third-order valence-electron chi connectivity index (χ3n) is 6.53. The molecule has 182 valence electrons. The fraction of sp³-hybridized carbons (Fsp3) is 0.333. The van der Waals surface area contributed by atoms with Crippen LogP contribution in [0.3, 0.4) is 0 Å². The number of piperidine rings is 1. The summed E-state index contributed by atoms with van der Waals surface area (Å²) in [6.07, 6.45) is 3.28. The van der Waals surface area contributed by atoms with Crippen LogP contribution >= 0.6 is 0 Å². The molecule has 0 saturated carbocycles. The van der Waals surface area contributed by atoms with Crippen LogP contribution in [-0.4, -0.2) is 31.4 Å². The first kappa shape index (κ1) is 24.5. The van der Waals surface area contributed by atoms with Gasteiger partial charge in [0.05, 0.1) is 5.56 Å². The highest BCUT2D eigenvalue weighted by Gasteiger charge is 2.24. The number of nitrogens with one attached hydrogen (secondary N) is 2. The Balaban J connectivity index is 1.49. The lowest BCUT2D eigenvalue weighted by Gasteiger charge is -2.35. The Labute approximate surface area is 208 Å². The second-order valence-corrected chi connectivity index (χ2v) is 9.78. The number of rotatable bonds is 8. The summed E-state index contributed by atoms with van der Waals surface area (Å²) in [6, 6.07) is 25.5. The predicted octanol–water partition coefficient (Wildman–Crippen LogP) is 5.78. The van der Waals surface area contributed by atoms with E-state index >= 15 is 0 Å². The molecule has 0 atom stereocenters. The van der Waals surface area contributed by atoms with Gasteiger partial charge in [0.15, 0.2) is 0 Å². The number of benzene rings is 3. The molecule has 35 heavy (non-hydrogen) atoms. The summed E-state index contributed by atoms with van der Waals surface area (Å²) in [7, 11) is 0. The molecule has 0 bridgehead atoms. The van der Waals surface area contributed by atoms with E-state index in [-0.39, 0.29) is 11.8 Å². The van der Waals surface area contributed by atoms with Crippen molar-refractivity contribution in [1.82, 2.24) is 5.32 Å². The third-order valence-corrected chi connectivity index (χ3v) is 6.53. The summed E-state index contributed by atoms with van der Waals surface area (Å²) < 4.78 is 0. The monoisotopic (exact) mass is 469 g/mol. The summed E-state index contributed by atoms with van der Waals surface area (Å²) >= 11 is 0. The number of hydrogen-bond donors (Lipinski definition) is 2. The summed E-state index contributed by atoms with van der Waals surface area (Å²) in [5.41, 5.74) is 4.14. The highest BCUT2D eigenvalue weighted by Crippen LogP contribution is 2.30. The van der Waals surface area contributed by atoms with Crippen LogP contribution in [-0.2, 0) is 6.42 Å². The Kier molecular flexibility index (Phi) is 8.19. The Bertz CT molecular complexity index is 1120. The molecule has 3 aromatic carbocycles. The highest BCUT2D eigenvalue weighted by molar-refractivity contribution is 6.06. The lowest BCUT2D eigenvalue weighted by Crippen LogP contribution is -2.36. The summed E-state index contributed by atoms with van der Waals surface area (Å²) in [6.45, 7) is 6.60. The van der Waals surface area contributed by atoms with Crippen LogP contribution in [0, 0.1) is 11.8 Å². The average molecular weight is 470 g/mol. The van der Waals surface area contributed by atoms with Crippen molar-refractivity contribution in [2.75, 3.05) is 29.9 Å².